The number of fused-ring (bicyclic) bond motifs is 3. The van der Waals surface area contributed by atoms with Gasteiger partial charge >= 0.3 is 12.1 Å². The average Bonchev–Trinajstić information content (AvgIpc) is 3.06. The summed E-state index contributed by atoms with van der Waals surface area (Å²) in [6, 6.07) is 17.6. The van der Waals surface area contributed by atoms with E-state index in [-0.39, 0.29) is 25.2 Å². The lowest BCUT2D eigenvalue weighted by molar-refractivity contribution is -0.143. The second-order valence-electron chi connectivity index (χ2n) is 7.05. The van der Waals surface area contributed by atoms with E-state index in [2.05, 4.69) is 0 Å². The Morgan fingerprint density at radius 2 is 1.76 bits per heavy atom. The normalized spacial score (nSPS) is 13.2. The Bertz CT molecular complexity index is 1030. The first-order chi connectivity index (χ1) is 14.2. The van der Waals surface area contributed by atoms with E-state index >= 15 is 0 Å². The molecular weight excluding hydrogens is 368 g/mol. The molecule has 0 spiro atoms. The number of aromatic nitrogens is 1. The van der Waals surface area contributed by atoms with Gasteiger partial charge in [0.1, 0.15) is 13.2 Å². The maximum absolute atomic E-state index is 12.6. The van der Waals surface area contributed by atoms with Gasteiger partial charge in [-0.15, -0.1) is 0 Å². The third-order valence-corrected chi connectivity index (χ3v) is 5.22. The minimum Gasteiger partial charge on any atom is -0.465 e. The Labute approximate surface area is 169 Å². The summed E-state index contributed by atoms with van der Waals surface area (Å²) >= 11 is 0. The number of benzene rings is 2. The van der Waals surface area contributed by atoms with Crippen LogP contribution >= 0.6 is 0 Å². The molecule has 3 aromatic rings. The molecule has 0 bridgehead atoms. The van der Waals surface area contributed by atoms with Crippen molar-refractivity contribution in [2.45, 2.75) is 33.0 Å². The smallest absolute Gasteiger partial charge is 0.410 e. The highest BCUT2D eigenvalue weighted by atomic mass is 16.6. The average molecular weight is 392 g/mol. The van der Waals surface area contributed by atoms with Gasteiger partial charge in [-0.25, -0.2) is 4.79 Å². The lowest BCUT2D eigenvalue weighted by Gasteiger charge is -2.27. The molecule has 0 radical (unpaired) electrons. The van der Waals surface area contributed by atoms with Crippen LogP contribution < -0.4 is 0 Å². The van der Waals surface area contributed by atoms with E-state index in [9.17, 15) is 9.59 Å². The molecule has 0 saturated heterocycles. The number of rotatable bonds is 5. The molecular formula is C23H24N2O4. The van der Waals surface area contributed by atoms with E-state index in [1.165, 1.54) is 0 Å². The summed E-state index contributed by atoms with van der Waals surface area (Å²) in [5, 5.41) is 1.06. The van der Waals surface area contributed by atoms with Gasteiger partial charge in [0.25, 0.3) is 0 Å². The molecule has 6 heteroatoms. The van der Waals surface area contributed by atoms with E-state index in [1.807, 2.05) is 59.2 Å². The zero-order valence-corrected chi connectivity index (χ0v) is 16.5. The number of hydrogen-bond acceptors (Lipinski definition) is 4. The highest BCUT2D eigenvalue weighted by Gasteiger charge is 2.28. The third-order valence-electron chi connectivity index (χ3n) is 5.22. The van der Waals surface area contributed by atoms with Gasteiger partial charge in [-0.1, -0.05) is 48.5 Å². The summed E-state index contributed by atoms with van der Waals surface area (Å²) < 4.78 is 12.7. The molecule has 0 N–H and O–H groups in total. The SMILES string of the molecule is CCOC(=O)Cn1c2c(c3ccccc31)CN(C(=O)OCc1ccccc1)CC2. The first-order valence-electron chi connectivity index (χ1n) is 9.87. The van der Waals surface area contributed by atoms with Gasteiger partial charge in [0.05, 0.1) is 13.2 Å². The van der Waals surface area contributed by atoms with E-state index < -0.39 is 0 Å². The molecule has 0 atom stereocenters. The zero-order valence-electron chi connectivity index (χ0n) is 16.5. The molecule has 1 aliphatic heterocycles. The molecule has 0 fully saturated rings. The second-order valence-corrected chi connectivity index (χ2v) is 7.05. The number of esters is 1. The summed E-state index contributed by atoms with van der Waals surface area (Å²) in [5.74, 6) is -0.249. The number of carbonyl (C=O) groups excluding carboxylic acids is 2. The number of hydrogen-bond donors (Lipinski definition) is 0. The molecule has 29 heavy (non-hydrogen) atoms. The second kappa shape index (κ2) is 8.39. The van der Waals surface area contributed by atoms with Gasteiger partial charge in [-0.2, -0.15) is 0 Å². The number of para-hydroxylation sites is 1. The number of nitrogens with zero attached hydrogens (tertiary/aromatic N) is 2. The molecule has 2 aromatic carbocycles. The summed E-state index contributed by atoms with van der Waals surface area (Å²) in [7, 11) is 0. The fraction of sp³-hybridized carbons (Fsp3) is 0.304. The fourth-order valence-electron chi connectivity index (χ4n) is 3.88. The number of ether oxygens (including phenoxy) is 2. The standard InChI is InChI=1S/C23H24N2O4/c1-2-28-22(26)15-25-20-11-7-6-10-18(20)19-14-24(13-12-21(19)25)23(27)29-16-17-8-4-3-5-9-17/h3-11H,2,12-16H2,1H3. The quantitative estimate of drug-likeness (QED) is 0.618. The van der Waals surface area contributed by atoms with Crippen LogP contribution in [0.15, 0.2) is 54.6 Å². The molecule has 0 aliphatic carbocycles. The van der Waals surface area contributed by atoms with Crippen molar-refractivity contribution < 1.29 is 19.1 Å². The lowest BCUT2D eigenvalue weighted by atomic mass is 10.0. The predicted octanol–water partition coefficient (Wildman–Crippen LogP) is 3.90. The monoisotopic (exact) mass is 392 g/mol. The molecule has 2 heterocycles. The first kappa shape index (κ1) is 19.1. The van der Waals surface area contributed by atoms with Crippen LogP contribution in [0.3, 0.4) is 0 Å². The van der Waals surface area contributed by atoms with Gasteiger partial charge in [0.2, 0.25) is 0 Å². The zero-order chi connectivity index (χ0) is 20.2. The minimum atomic E-state index is -0.318. The molecule has 1 aliphatic rings. The summed E-state index contributed by atoms with van der Waals surface area (Å²) in [6.07, 6.45) is 0.353. The van der Waals surface area contributed by atoms with Crippen LogP contribution in [0.1, 0.15) is 23.7 Å². The van der Waals surface area contributed by atoms with Crippen molar-refractivity contribution in [3.8, 4) is 0 Å². The molecule has 150 valence electrons. The van der Waals surface area contributed by atoms with Gasteiger partial charge in [0, 0.05) is 35.1 Å². The van der Waals surface area contributed by atoms with Gasteiger partial charge in [-0.05, 0) is 18.6 Å². The topological polar surface area (TPSA) is 60.8 Å². The Morgan fingerprint density at radius 3 is 2.55 bits per heavy atom. The van der Waals surface area contributed by atoms with Gasteiger partial charge in [-0.3, -0.25) is 4.79 Å². The Hall–Kier alpha value is -3.28. The first-order valence-corrected chi connectivity index (χ1v) is 9.87. The van der Waals surface area contributed by atoms with Gasteiger partial charge in [0.15, 0.2) is 0 Å². The lowest BCUT2D eigenvalue weighted by Crippen LogP contribution is -2.36. The summed E-state index contributed by atoms with van der Waals surface area (Å²) in [5.41, 5.74) is 4.12. The fourth-order valence-corrected chi connectivity index (χ4v) is 3.88. The molecule has 1 aromatic heterocycles. The largest absolute Gasteiger partial charge is 0.465 e. The van der Waals surface area contributed by atoms with E-state index in [4.69, 9.17) is 9.47 Å². The maximum atomic E-state index is 12.6. The van der Waals surface area contributed by atoms with Crippen molar-refractivity contribution in [2.75, 3.05) is 13.2 Å². The molecule has 0 unspecified atom stereocenters. The summed E-state index contributed by atoms with van der Waals surface area (Å²) in [6.45, 7) is 3.64. The molecule has 4 rings (SSSR count). The maximum Gasteiger partial charge on any atom is 0.410 e. The van der Waals surface area contributed by atoms with Crippen molar-refractivity contribution in [3.05, 3.63) is 71.4 Å². The predicted molar refractivity (Wildman–Crippen MR) is 109 cm³/mol. The van der Waals surface area contributed by atoms with Crippen LogP contribution in [0.2, 0.25) is 0 Å². The Kier molecular flexibility index (Phi) is 5.51. The highest BCUT2D eigenvalue weighted by Crippen LogP contribution is 2.31. The summed E-state index contributed by atoms with van der Waals surface area (Å²) in [4.78, 5) is 26.4. The molecule has 0 saturated carbocycles. The van der Waals surface area contributed by atoms with Gasteiger partial charge < -0.3 is 18.9 Å². The minimum absolute atomic E-state index is 0.183. The van der Waals surface area contributed by atoms with Crippen molar-refractivity contribution in [1.29, 1.82) is 0 Å². The van der Waals surface area contributed by atoms with Crippen molar-refractivity contribution in [3.63, 3.8) is 0 Å². The Balaban J connectivity index is 1.54. The van der Waals surface area contributed by atoms with Crippen LogP contribution in [0.4, 0.5) is 4.79 Å². The van der Waals surface area contributed by atoms with Crippen molar-refractivity contribution in [2.24, 2.45) is 0 Å². The van der Waals surface area contributed by atoms with Crippen LogP contribution in [0.5, 0.6) is 0 Å². The highest BCUT2D eigenvalue weighted by molar-refractivity contribution is 5.87. The molecule has 6 nitrogen and oxygen atoms in total. The third kappa shape index (κ3) is 3.97. The van der Waals surface area contributed by atoms with Crippen LogP contribution in [-0.2, 0) is 40.4 Å². The number of amides is 1. The van der Waals surface area contributed by atoms with E-state index in [1.54, 1.807) is 11.8 Å². The number of carbonyl (C=O) groups is 2. The van der Waals surface area contributed by atoms with Crippen LogP contribution in [-0.4, -0.2) is 34.7 Å². The van der Waals surface area contributed by atoms with Crippen molar-refractivity contribution in [1.82, 2.24) is 9.47 Å². The van der Waals surface area contributed by atoms with E-state index in [0.717, 1.165) is 27.7 Å². The Morgan fingerprint density at radius 1 is 1.00 bits per heavy atom. The van der Waals surface area contributed by atoms with Crippen molar-refractivity contribution >= 4 is 23.0 Å². The van der Waals surface area contributed by atoms with E-state index in [0.29, 0.717) is 26.1 Å². The van der Waals surface area contributed by atoms with Crippen LogP contribution in [0, 0.1) is 0 Å². The van der Waals surface area contributed by atoms with Crippen LogP contribution in [0.25, 0.3) is 10.9 Å². The molecule has 1 amide bonds.